The van der Waals surface area contributed by atoms with E-state index in [0.717, 1.165) is 22.4 Å². The zero-order valence-electron chi connectivity index (χ0n) is 21.9. The molecule has 2 aromatic rings. The molecule has 0 fully saturated rings. The van der Waals surface area contributed by atoms with Gasteiger partial charge in [-0.05, 0) is 41.3 Å². The maximum absolute atomic E-state index is 12.9. The topological polar surface area (TPSA) is 168 Å². The van der Waals surface area contributed by atoms with E-state index in [2.05, 4.69) is 20.7 Å². The molecule has 4 N–H and O–H groups in total. The van der Waals surface area contributed by atoms with Crippen LogP contribution in [0.1, 0.15) is 49.8 Å². The van der Waals surface area contributed by atoms with Crippen molar-refractivity contribution in [1.29, 1.82) is 5.41 Å². The standard InChI is InChI=1S/C27H31N7O5/c1-27(2)13-22(32-34(25(27)38)11-3-9-30-23(35)12-21(28)24(36)37)17-4-6-20(7-5-17)31-26(39)33-15-18-8-10-29-14-19(18)16-33/h4-8,10,14,28H,3,9,11-13,15-16H2,1-2H3,(H,30,35)(H,31,39)(H,36,37). The van der Waals surface area contributed by atoms with Crippen LogP contribution in [0.15, 0.2) is 47.8 Å². The van der Waals surface area contributed by atoms with Crippen LogP contribution in [0.25, 0.3) is 0 Å². The highest BCUT2D eigenvalue weighted by atomic mass is 16.4. The lowest BCUT2D eigenvalue weighted by Crippen LogP contribution is -2.45. The van der Waals surface area contributed by atoms with Gasteiger partial charge in [-0.3, -0.25) is 20.0 Å². The molecule has 0 spiro atoms. The molecule has 3 heterocycles. The Morgan fingerprint density at radius 1 is 1.10 bits per heavy atom. The summed E-state index contributed by atoms with van der Waals surface area (Å²) in [5.74, 6) is -2.12. The Labute approximate surface area is 225 Å². The minimum atomic E-state index is -1.43. The van der Waals surface area contributed by atoms with E-state index >= 15 is 0 Å². The van der Waals surface area contributed by atoms with Crippen LogP contribution in [0, 0.1) is 10.8 Å². The number of carboxylic acid groups (broad SMARTS) is 1. The molecular weight excluding hydrogens is 502 g/mol. The molecule has 204 valence electrons. The number of urea groups is 1. The predicted octanol–water partition coefficient (Wildman–Crippen LogP) is 2.59. The van der Waals surface area contributed by atoms with Gasteiger partial charge in [-0.2, -0.15) is 5.10 Å². The number of rotatable bonds is 9. The zero-order valence-corrected chi connectivity index (χ0v) is 21.9. The van der Waals surface area contributed by atoms with Gasteiger partial charge in [-0.25, -0.2) is 14.6 Å². The first kappa shape index (κ1) is 27.4. The number of anilines is 1. The number of nitrogens with one attached hydrogen (secondary N) is 3. The molecule has 0 atom stereocenters. The highest BCUT2D eigenvalue weighted by Crippen LogP contribution is 2.31. The molecule has 12 nitrogen and oxygen atoms in total. The van der Waals surface area contributed by atoms with Crippen molar-refractivity contribution in [3.8, 4) is 0 Å². The SMILES string of the molecule is CC1(C)CC(c2ccc(NC(=O)N3Cc4ccncc4C3)cc2)=NN(CCCNC(=O)CC(=N)C(=O)O)C1=O. The Kier molecular flexibility index (Phi) is 8.03. The molecule has 4 rings (SSSR count). The largest absolute Gasteiger partial charge is 0.477 e. The van der Waals surface area contributed by atoms with Crippen molar-refractivity contribution in [2.45, 2.75) is 46.2 Å². The lowest BCUT2D eigenvalue weighted by molar-refractivity contribution is -0.141. The summed E-state index contributed by atoms with van der Waals surface area (Å²) in [6.45, 7) is 5.24. The van der Waals surface area contributed by atoms with E-state index in [1.807, 2.05) is 32.0 Å². The van der Waals surface area contributed by atoms with Gasteiger partial charge in [0.2, 0.25) is 11.8 Å². The van der Waals surface area contributed by atoms with E-state index in [1.54, 1.807) is 29.4 Å². The van der Waals surface area contributed by atoms with Crippen molar-refractivity contribution in [2.75, 3.05) is 18.4 Å². The molecule has 2 aliphatic rings. The van der Waals surface area contributed by atoms with E-state index in [1.165, 1.54) is 5.01 Å². The van der Waals surface area contributed by atoms with Crippen molar-refractivity contribution in [3.63, 3.8) is 0 Å². The molecule has 1 aromatic carbocycles. The maximum Gasteiger partial charge on any atom is 0.350 e. The number of fused-ring (bicyclic) bond motifs is 1. The molecule has 0 unspecified atom stereocenters. The molecule has 12 heteroatoms. The lowest BCUT2D eigenvalue weighted by Gasteiger charge is -2.34. The zero-order chi connectivity index (χ0) is 28.2. The number of nitrogens with zero attached hydrogens (tertiary/aromatic N) is 4. The summed E-state index contributed by atoms with van der Waals surface area (Å²) < 4.78 is 0. The molecule has 0 bridgehead atoms. The number of hydrazone groups is 1. The van der Waals surface area contributed by atoms with E-state index in [0.29, 0.717) is 31.6 Å². The normalized spacial score (nSPS) is 15.8. The van der Waals surface area contributed by atoms with Crippen molar-refractivity contribution in [2.24, 2.45) is 10.5 Å². The van der Waals surface area contributed by atoms with Crippen LogP contribution in [0.4, 0.5) is 10.5 Å². The molecule has 0 saturated carbocycles. The molecule has 4 amide bonds. The average molecular weight is 534 g/mol. The Balaban J connectivity index is 1.34. The van der Waals surface area contributed by atoms with E-state index in [-0.39, 0.29) is 25.0 Å². The Bertz CT molecular complexity index is 1310. The summed E-state index contributed by atoms with van der Waals surface area (Å²) in [6.07, 6.45) is 3.85. The number of aliphatic carboxylic acids is 1. The van der Waals surface area contributed by atoms with Crippen LogP contribution in [-0.2, 0) is 27.5 Å². The first-order valence-electron chi connectivity index (χ1n) is 12.6. The average Bonchev–Trinajstić information content (AvgIpc) is 3.34. The Morgan fingerprint density at radius 3 is 2.51 bits per heavy atom. The fourth-order valence-electron chi connectivity index (χ4n) is 4.45. The molecule has 2 aliphatic heterocycles. The minimum Gasteiger partial charge on any atom is -0.477 e. The van der Waals surface area contributed by atoms with Crippen LogP contribution in [0.5, 0.6) is 0 Å². The first-order valence-corrected chi connectivity index (χ1v) is 12.6. The van der Waals surface area contributed by atoms with E-state index < -0.39 is 29.4 Å². The minimum absolute atomic E-state index is 0.129. The van der Waals surface area contributed by atoms with Crippen molar-refractivity contribution in [3.05, 3.63) is 59.4 Å². The third-order valence-corrected chi connectivity index (χ3v) is 6.61. The number of carbonyl (C=O) groups is 4. The van der Waals surface area contributed by atoms with Gasteiger partial charge in [0, 0.05) is 50.7 Å². The van der Waals surface area contributed by atoms with Crippen LogP contribution in [-0.4, -0.2) is 68.3 Å². The number of hydrogen-bond acceptors (Lipinski definition) is 7. The van der Waals surface area contributed by atoms with Gasteiger partial charge in [-0.15, -0.1) is 0 Å². The Morgan fingerprint density at radius 2 is 1.82 bits per heavy atom. The van der Waals surface area contributed by atoms with Crippen LogP contribution < -0.4 is 10.6 Å². The number of pyridine rings is 1. The number of carboxylic acids is 1. The van der Waals surface area contributed by atoms with Crippen molar-refractivity contribution >= 4 is 40.9 Å². The van der Waals surface area contributed by atoms with Crippen molar-refractivity contribution in [1.82, 2.24) is 20.2 Å². The molecular formula is C27H31N7O5. The molecule has 0 radical (unpaired) electrons. The second-order valence-electron chi connectivity index (χ2n) is 10.2. The lowest BCUT2D eigenvalue weighted by atomic mass is 9.82. The number of hydrogen-bond donors (Lipinski definition) is 4. The fraction of sp³-hybridized carbons (Fsp3) is 0.370. The van der Waals surface area contributed by atoms with Gasteiger partial charge in [0.25, 0.3) is 0 Å². The van der Waals surface area contributed by atoms with Crippen molar-refractivity contribution < 1.29 is 24.3 Å². The first-order chi connectivity index (χ1) is 18.5. The van der Waals surface area contributed by atoms with Gasteiger partial charge < -0.3 is 20.6 Å². The summed E-state index contributed by atoms with van der Waals surface area (Å²) in [7, 11) is 0. The molecule has 0 aliphatic carbocycles. The molecule has 1 aromatic heterocycles. The molecule has 0 saturated heterocycles. The third kappa shape index (κ3) is 6.64. The number of carbonyl (C=O) groups excluding carboxylic acids is 3. The fourth-order valence-corrected chi connectivity index (χ4v) is 4.45. The summed E-state index contributed by atoms with van der Waals surface area (Å²) >= 11 is 0. The van der Waals surface area contributed by atoms with Crippen LogP contribution in [0.3, 0.4) is 0 Å². The van der Waals surface area contributed by atoms with E-state index in [9.17, 15) is 19.2 Å². The molecule has 39 heavy (non-hydrogen) atoms. The van der Waals surface area contributed by atoms with Gasteiger partial charge in [0.05, 0.1) is 17.5 Å². The van der Waals surface area contributed by atoms with Gasteiger partial charge in [0.1, 0.15) is 5.71 Å². The summed E-state index contributed by atoms with van der Waals surface area (Å²) in [5, 5.41) is 27.4. The maximum atomic E-state index is 12.9. The van der Waals surface area contributed by atoms with Gasteiger partial charge in [0.15, 0.2) is 0 Å². The smallest absolute Gasteiger partial charge is 0.350 e. The van der Waals surface area contributed by atoms with E-state index in [4.69, 9.17) is 10.5 Å². The number of amides is 4. The third-order valence-electron chi connectivity index (χ3n) is 6.61. The summed E-state index contributed by atoms with van der Waals surface area (Å²) in [6, 6.07) is 9.05. The summed E-state index contributed by atoms with van der Waals surface area (Å²) in [5.41, 5.74) is 2.99. The monoisotopic (exact) mass is 533 g/mol. The summed E-state index contributed by atoms with van der Waals surface area (Å²) in [4.78, 5) is 54.0. The van der Waals surface area contributed by atoms with Crippen LogP contribution >= 0.6 is 0 Å². The second kappa shape index (κ2) is 11.4. The number of aromatic nitrogens is 1. The van der Waals surface area contributed by atoms with Crippen LogP contribution in [0.2, 0.25) is 0 Å². The number of benzene rings is 1. The highest BCUT2D eigenvalue weighted by molar-refractivity contribution is 6.37. The second-order valence-corrected chi connectivity index (χ2v) is 10.2. The van der Waals surface area contributed by atoms with Gasteiger partial charge >= 0.3 is 12.0 Å². The van der Waals surface area contributed by atoms with Gasteiger partial charge in [-0.1, -0.05) is 26.0 Å². The Hall–Kier alpha value is -4.61. The quantitative estimate of drug-likeness (QED) is 0.285. The predicted molar refractivity (Wildman–Crippen MR) is 143 cm³/mol. The highest BCUT2D eigenvalue weighted by Gasteiger charge is 2.37.